The lowest BCUT2D eigenvalue weighted by Gasteiger charge is -2.15. The molecule has 1 aliphatic rings. The van der Waals surface area contributed by atoms with Crippen LogP contribution < -0.4 is 5.32 Å². The average molecular weight is 365 g/mol. The molecule has 2 aromatic rings. The van der Waals surface area contributed by atoms with E-state index >= 15 is 0 Å². The molecule has 0 saturated carbocycles. The predicted molar refractivity (Wildman–Crippen MR) is 107 cm³/mol. The second-order valence-electron chi connectivity index (χ2n) is 7.10. The number of fused-ring (bicyclic) bond motifs is 3. The Balaban J connectivity index is 1.55. The summed E-state index contributed by atoms with van der Waals surface area (Å²) >= 11 is 0. The van der Waals surface area contributed by atoms with Gasteiger partial charge in [0, 0.05) is 18.4 Å². The summed E-state index contributed by atoms with van der Waals surface area (Å²) < 4.78 is 5.49. The van der Waals surface area contributed by atoms with Crippen molar-refractivity contribution in [3.05, 3.63) is 59.7 Å². The summed E-state index contributed by atoms with van der Waals surface area (Å²) in [6.45, 7) is 2.76. The molecule has 142 valence electrons. The molecule has 4 nitrogen and oxygen atoms in total. The summed E-state index contributed by atoms with van der Waals surface area (Å²) in [7, 11) is 0. The molecular formula is C23H27NO3. The number of hydrogen-bond donors (Lipinski definition) is 1. The van der Waals surface area contributed by atoms with E-state index in [-0.39, 0.29) is 11.8 Å². The van der Waals surface area contributed by atoms with Crippen molar-refractivity contribution in [2.24, 2.45) is 5.92 Å². The number of unbranched alkanes of at least 4 members (excludes halogenated alkanes) is 2. The van der Waals surface area contributed by atoms with Gasteiger partial charge >= 0.3 is 6.09 Å². The van der Waals surface area contributed by atoms with Crippen molar-refractivity contribution in [1.82, 2.24) is 5.32 Å². The van der Waals surface area contributed by atoms with Gasteiger partial charge < -0.3 is 14.8 Å². The lowest BCUT2D eigenvalue weighted by atomic mass is 9.98. The SMILES string of the molecule is CCCCCC(C=O)CNC(=O)OCC1c2ccccc2-c2ccccc21. The van der Waals surface area contributed by atoms with Gasteiger partial charge in [0.25, 0.3) is 0 Å². The summed E-state index contributed by atoms with van der Waals surface area (Å²) in [5.41, 5.74) is 4.80. The Morgan fingerprint density at radius 1 is 1.07 bits per heavy atom. The van der Waals surface area contributed by atoms with E-state index in [9.17, 15) is 9.59 Å². The summed E-state index contributed by atoms with van der Waals surface area (Å²) in [4.78, 5) is 23.3. The average Bonchev–Trinajstić information content (AvgIpc) is 3.03. The highest BCUT2D eigenvalue weighted by Gasteiger charge is 2.29. The van der Waals surface area contributed by atoms with E-state index in [0.717, 1.165) is 32.0 Å². The normalized spacial score (nSPS) is 13.5. The van der Waals surface area contributed by atoms with Crippen LogP contribution in [0.15, 0.2) is 48.5 Å². The van der Waals surface area contributed by atoms with Crippen LogP contribution in [0.4, 0.5) is 4.79 Å². The Kier molecular flexibility index (Phi) is 6.64. The highest BCUT2D eigenvalue weighted by atomic mass is 16.5. The number of carbonyl (C=O) groups excluding carboxylic acids is 2. The van der Waals surface area contributed by atoms with Crippen molar-refractivity contribution in [3.63, 3.8) is 0 Å². The molecule has 0 saturated heterocycles. The third-order valence-electron chi connectivity index (χ3n) is 5.22. The quantitative estimate of drug-likeness (QED) is 0.507. The molecule has 3 rings (SSSR count). The van der Waals surface area contributed by atoms with Gasteiger partial charge in [-0.15, -0.1) is 0 Å². The highest BCUT2D eigenvalue weighted by Crippen LogP contribution is 2.44. The first kappa shape index (κ1) is 19.2. The van der Waals surface area contributed by atoms with Crippen LogP contribution in [0.25, 0.3) is 11.1 Å². The molecule has 0 radical (unpaired) electrons. The van der Waals surface area contributed by atoms with Crippen LogP contribution in [0.1, 0.15) is 49.7 Å². The maximum atomic E-state index is 12.1. The number of amides is 1. The second kappa shape index (κ2) is 9.36. The highest BCUT2D eigenvalue weighted by molar-refractivity contribution is 5.79. The molecule has 2 aromatic carbocycles. The molecule has 4 heteroatoms. The standard InChI is InChI=1S/C23H27NO3/c1-2-3-4-9-17(15-25)14-24-23(26)27-16-22-20-12-7-5-10-18(20)19-11-6-8-13-21(19)22/h5-8,10-13,15,17,22H,2-4,9,14,16H2,1H3,(H,24,26). The molecule has 1 amide bonds. The summed E-state index contributed by atoms with van der Waals surface area (Å²) in [6.07, 6.45) is 4.51. The number of carbonyl (C=O) groups is 2. The van der Waals surface area contributed by atoms with Gasteiger partial charge in [0.2, 0.25) is 0 Å². The number of ether oxygens (including phenoxy) is 1. The molecule has 0 heterocycles. The zero-order valence-electron chi connectivity index (χ0n) is 15.8. The minimum atomic E-state index is -0.459. The van der Waals surface area contributed by atoms with Crippen molar-refractivity contribution in [1.29, 1.82) is 0 Å². The van der Waals surface area contributed by atoms with Crippen LogP contribution in [0.5, 0.6) is 0 Å². The Morgan fingerprint density at radius 2 is 1.70 bits per heavy atom. The first-order chi connectivity index (χ1) is 13.2. The predicted octanol–water partition coefficient (Wildman–Crippen LogP) is 4.92. The maximum Gasteiger partial charge on any atom is 0.407 e. The molecule has 0 aliphatic heterocycles. The van der Waals surface area contributed by atoms with Gasteiger partial charge in [0.15, 0.2) is 0 Å². The van der Waals surface area contributed by atoms with Gasteiger partial charge in [-0.05, 0) is 28.7 Å². The van der Waals surface area contributed by atoms with E-state index < -0.39 is 6.09 Å². The number of hydrogen-bond acceptors (Lipinski definition) is 3. The second-order valence-corrected chi connectivity index (χ2v) is 7.10. The minimum Gasteiger partial charge on any atom is -0.449 e. The molecule has 0 spiro atoms. The zero-order chi connectivity index (χ0) is 19.1. The van der Waals surface area contributed by atoms with E-state index in [4.69, 9.17) is 4.74 Å². The summed E-state index contributed by atoms with van der Waals surface area (Å²) in [6, 6.07) is 16.5. The zero-order valence-corrected chi connectivity index (χ0v) is 15.8. The van der Waals surface area contributed by atoms with Crippen LogP contribution in [-0.4, -0.2) is 25.5 Å². The first-order valence-corrected chi connectivity index (χ1v) is 9.78. The number of alkyl carbamates (subject to hydrolysis) is 1. The van der Waals surface area contributed by atoms with E-state index in [2.05, 4.69) is 36.5 Å². The van der Waals surface area contributed by atoms with Gasteiger partial charge in [-0.3, -0.25) is 0 Å². The van der Waals surface area contributed by atoms with Crippen LogP contribution >= 0.6 is 0 Å². The fraction of sp³-hybridized carbons (Fsp3) is 0.391. The fourth-order valence-electron chi connectivity index (χ4n) is 3.74. The Hall–Kier alpha value is -2.62. The van der Waals surface area contributed by atoms with Gasteiger partial charge in [-0.25, -0.2) is 4.79 Å². The number of benzene rings is 2. The lowest BCUT2D eigenvalue weighted by Crippen LogP contribution is -2.31. The van der Waals surface area contributed by atoms with E-state index in [1.807, 2.05) is 24.3 Å². The Morgan fingerprint density at radius 3 is 2.30 bits per heavy atom. The first-order valence-electron chi connectivity index (χ1n) is 9.78. The largest absolute Gasteiger partial charge is 0.449 e. The van der Waals surface area contributed by atoms with Gasteiger partial charge in [0.05, 0.1) is 0 Å². The minimum absolute atomic E-state index is 0.0505. The molecule has 1 unspecified atom stereocenters. The van der Waals surface area contributed by atoms with Crippen LogP contribution in [-0.2, 0) is 9.53 Å². The smallest absolute Gasteiger partial charge is 0.407 e. The summed E-state index contributed by atoms with van der Waals surface area (Å²) in [5, 5.41) is 2.74. The van der Waals surface area contributed by atoms with Crippen LogP contribution in [0.2, 0.25) is 0 Å². The molecule has 0 aromatic heterocycles. The molecule has 1 N–H and O–H groups in total. The van der Waals surface area contributed by atoms with E-state index in [1.54, 1.807) is 0 Å². The van der Waals surface area contributed by atoms with Gasteiger partial charge in [0.1, 0.15) is 12.9 Å². The van der Waals surface area contributed by atoms with E-state index in [0.29, 0.717) is 13.2 Å². The number of rotatable bonds is 9. The number of aldehydes is 1. The Labute approximate surface area is 160 Å². The summed E-state index contributed by atoms with van der Waals surface area (Å²) in [5.74, 6) is -0.0911. The maximum absolute atomic E-state index is 12.1. The van der Waals surface area contributed by atoms with Gasteiger partial charge in [-0.1, -0.05) is 74.7 Å². The van der Waals surface area contributed by atoms with Crippen molar-refractivity contribution in [2.75, 3.05) is 13.2 Å². The van der Waals surface area contributed by atoms with Crippen molar-refractivity contribution < 1.29 is 14.3 Å². The lowest BCUT2D eigenvalue weighted by molar-refractivity contribution is -0.111. The molecular weight excluding hydrogens is 338 g/mol. The van der Waals surface area contributed by atoms with E-state index in [1.165, 1.54) is 22.3 Å². The number of nitrogens with one attached hydrogen (secondary N) is 1. The van der Waals surface area contributed by atoms with Crippen LogP contribution in [0.3, 0.4) is 0 Å². The van der Waals surface area contributed by atoms with Crippen molar-refractivity contribution in [2.45, 2.75) is 38.5 Å². The molecule has 27 heavy (non-hydrogen) atoms. The van der Waals surface area contributed by atoms with Crippen molar-refractivity contribution in [3.8, 4) is 11.1 Å². The topological polar surface area (TPSA) is 55.4 Å². The monoisotopic (exact) mass is 365 g/mol. The van der Waals surface area contributed by atoms with Crippen LogP contribution in [0, 0.1) is 5.92 Å². The molecule has 1 aliphatic carbocycles. The molecule has 1 atom stereocenters. The Bertz CT molecular complexity index is 741. The fourth-order valence-corrected chi connectivity index (χ4v) is 3.74. The molecule has 0 bridgehead atoms. The van der Waals surface area contributed by atoms with Gasteiger partial charge in [-0.2, -0.15) is 0 Å². The third kappa shape index (κ3) is 4.57. The molecule has 0 fully saturated rings. The third-order valence-corrected chi connectivity index (χ3v) is 5.22. The van der Waals surface area contributed by atoms with Crippen molar-refractivity contribution >= 4 is 12.4 Å².